The zero-order valence-electron chi connectivity index (χ0n) is 12.1. The van der Waals surface area contributed by atoms with Crippen LogP contribution in [0, 0.1) is 0 Å². The van der Waals surface area contributed by atoms with Crippen LogP contribution < -0.4 is 5.32 Å². The molecule has 0 fully saturated rings. The summed E-state index contributed by atoms with van der Waals surface area (Å²) in [5.74, 6) is -5.06. The predicted molar refractivity (Wildman–Crippen MR) is 82.6 cm³/mol. The van der Waals surface area contributed by atoms with Crippen molar-refractivity contribution in [2.24, 2.45) is 4.99 Å². The zero-order valence-corrected chi connectivity index (χ0v) is 12.1. The number of nitrogens with zero attached hydrogens (tertiary/aromatic N) is 1. The van der Waals surface area contributed by atoms with Crippen molar-refractivity contribution in [3.63, 3.8) is 0 Å². The van der Waals surface area contributed by atoms with Crippen molar-refractivity contribution in [3.8, 4) is 0 Å². The monoisotopic (exact) mass is 338 g/mol. The van der Waals surface area contributed by atoms with Crippen molar-refractivity contribution < 1.29 is 22.0 Å². The van der Waals surface area contributed by atoms with Crippen molar-refractivity contribution >= 4 is 22.8 Å². The molecule has 3 rings (SSSR count). The van der Waals surface area contributed by atoms with Crippen molar-refractivity contribution in [2.45, 2.75) is 12.1 Å². The number of benzene rings is 2. The van der Waals surface area contributed by atoms with E-state index in [4.69, 9.17) is 0 Å². The van der Waals surface area contributed by atoms with Crippen molar-refractivity contribution in [2.75, 3.05) is 5.32 Å². The molecule has 0 saturated heterocycles. The van der Waals surface area contributed by atoms with Crippen LogP contribution in [0.15, 0.2) is 65.7 Å². The maximum atomic E-state index is 13.9. The van der Waals surface area contributed by atoms with E-state index in [0.717, 1.165) is 6.08 Å². The van der Waals surface area contributed by atoms with E-state index < -0.39 is 17.8 Å². The topological polar surface area (TPSA) is 24.4 Å². The van der Waals surface area contributed by atoms with Gasteiger partial charge in [-0.05, 0) is 23.8 Å². The number of alkyl halides is 5. The maximum Gasteiger partial charge on any atom is 0.459 e. The van der Waals surface area contributed by atoms with Gasteiger partial charge in [-0.1, -0.05) is 42.5 Å². The van der Waals surface area contributed by atoms with Crippen LogP contribution in [-0.4, -0.2) is 17.8 Å². The van der Waals surface area contributed by atoms with Gasteiger partial charge >= 0.3 is 12.1 Å². The van der Waals surface area contributed by atoms with Crippen molar-refractivity contribution in [1.82, 2.24) is 0 Å². The molecule has 0 amide bonds. The van der Waals surface area contributed by atoms with Crippen molar-refractivity contribution in [1.29, 1.82) is 0 Å². The Morgan fingerprint density at radius 3 is 2.08 bits per heavy atom. The Hall–Kier alpha value is -2.70. The number of allylic oxidation sites excluding steroid dienone is 1. The Morgan fingerprint density at radius 1 is 0.792 bits per heavy atom. The van der Waals surface area contributed by atoms with Crippen LogP contribution in [0.25, 0.3) is 5.70 Å². The summed E-state index contributed by atoms with van der Waals surface area (Å²) in [7, 11) is 0. The molecule has 124 valence electrons. The Labute approximate surface area is 134 Å². The molecule has 24 heavy (non-hydrogen) atoms. The van der Waals surface area contributed by atoms with Gasteiger partial charge in [0.2, 0.25) is 0 Å². The van der Waals surface area contributed by atoms with Gasteiger partial charge in [0.05, 0.1) is 11.4 Å². The number of nitrogens with one attached hydrogen (secondary N) is 1. The summed E-state index contributed by atoms with van der Waals surface area (Å²) in [6.07, 6.45) is -4.99. The first-order chi connectivity index (χ1) is 11.3. The van der Waals surface area contributed by atoms with Gasteiger partial charge in [-0.2, -0.15) is 22.0 Å². The molecule has 0 saturated carbocycles. The van der Waals surface area contributed by atoms with Crippen LogP contribution in [-0.2, 0) is 0 Å². The lowest BCUT2D eigenvalue weighted by Gasteiger charge is -2.19. The standard InChI is InChI=1S/C17H11F5N2/c18-16(19,17(20,21)22)15-10-14(11-6-2-1-3-7-11)23-12-8-4-5-9-13(12)24-15/h1-10,23H. The summed E-state index contributed by atoms with van der Waals surface area (Å²) in [5.41, 5.74) is -0.409. The first-order valence-corrected chi connectivity index (χ1v) is 6.96. The Kier molecular flexibility index (Phi) is 3.87. The molecule has 0 atom stereocenters. The molecule has 0 aliphatic carbocycles. The lowest BCUT2D eigenvalue weighted by Crippen LogP contribution is -2.43. The fraction of sp³-hybridized carbons (Fsp3) is 0.118. The number of halogens is 5. The van der Waals surface area contributed by atoms with Crippen molar-refractivity contribution in [3.05, 3.63) is 66.2 Å². The first kappa shape index (κ1) is 16.2. The molecule has 0 radical (unpaired) electrons. The summed E-state index contributed by atoms with van der Waals surface area (Å²) in [5, 5.41) is 2.88. The lowest BCUT2D eigenvalue weighted by molar-refractivity contribution is -0.248. The van der Waals surface area contributed by atoms with Crippen LogP contribution in [0.2, 0.25) is 0 Å². The zero-order chi connectivity index (χ0) is 17.4. The molecule has 1 aliphatic heterocycles. The SMILES string of the molecule is FC(F)(F)C(F)(F)C1=Nc2ccccc2NC(c2ccccc2)=C1. The predicted octanol–water partition coefficient (Wildman–Crippen LogP) is 5.42. The summed E-state index contributed by atoms with van der Waals surface area (Å²) < 4.78 is 66.0. The van der Waals surface area contributed by atoms with Gasteiger partial charge in [-0.15, -0.1) is 0 Å². The Bertz CT molecular complexity index is 807. The number of fused-ring (bicyclic) bond motifs is 1. The largest absolute Gasteiger partial charge is 0.459 e. The number of para-hydroxylation sites is 2. The summed E-state index contributed by atoms with van der Waals surface area (Å²) in [4.78, 5) is 3.56. The van der Waals surface area contributed by atoms with Gasteiger partial charge in [0.1, 0.15) is 5.71 Å². The molecule has 2 nitrogen and oxygen atoms in total. The van der Waals surface area contributed by atoms with Gasteiger partial charge in [-0.25, -0.2) is 4.99 Å². The minimum absolute atomic E-state index is 0.0126. The van der Waals surface area contributed by atoms with Crippen LogP contribution in [0.1, 0.15) is 5.56 Å². The average Bonchev–Trinajstić information content (AvgIpc) is 2.74. The molecule has 1 N–H and O–H groups in total. The normalized spacial score (nSPS) is 14.9. The number of hydrogen-bond acceptors (Lipinski definition) is 2. The molecule has 7 heteroatoms. The van der Waals surface area contributed by atoms with Crippen LogP contribution in [0.4, 0.5) is 33.3 Å². The second-order valence-corrected chi connectivity index (χ2v) is 5.14. The fourth-order valence-electron chi connectivity index (χ4n) is 2.24. The van der Waals surface area contributed by atoms with E-state index in [9.17, 15) is 22.0 Å². The molecule has 0 unspecified atom stereocenters. The molecular formula is C17H11F5N2. The molecule has 0 aromatic heterocycles. The van der Waals surface area contributed by atoms with Crippen LogP contribution in [0.3, 0.4) is 0 Å². The maximum absolute atomic E-state index is 13.9. The van der Waals surface area contributed by atoms with E-state index in [0.29, 0.717) is 11.3 Å². The molecule has 2 aromatic carbocycles. The third-order valence-electron chi connectivity index (χ3n) is 3.46. The van der Waals surface area contributed by atoms with E-state index in [1.54, 1.807) is 42.5 Å². The van der Waals surface area contributed by atoms with Crippen LogP contribution >= 0.6 is 0 Å². The minimum atomic E-state index is -5.73. The lowest BCUT2D eigenvalue weighted by atomic mass is 10.1. The summed E-state index contributed by atoms with van der Waals surface area (Å²) >= 11 is 0. The highest BCUT2D eigenvalue weighted by molar-refractivity contribution is 6.10. The fourth-order valence-corrected chi connectivity index (χ4v) is 2.24. The van der Waals surface area contributed by atoms with E-state index in [2.05, 4.69) is 10.3 Å². The number of rotatable bonds is 2. The summed E-state index contributed by atoms with van der Waals surface area (Å²) in [6.45, 7) is 0. The van der Waals surface area contributed by atoms with Gasteiger partial charge < -0.3 is 5.32 Å². The Balaban J connectivity index is 2.19. The quantitative estimate of drug-likeness (QED) is 0.726. The highest BCUT2D eigenvalue weighted by atomic mass is 19.4. The molecule has 1 heterocycles. The van der Waals surface area contributed by atoms with E-state index >= 15 is 0 Å². The van der Waals surface area contributed by atoms with Gasteiger partial charge in [0.25, 0.3) is 0 Å². The summed E-state index contributed by atoms with van der Waals surface area (Å²) in [6, 6.07) is 14.3. The molecule has 1 aliphatic rings. The van der Waals surface area contributed by atoms with Gasteiger partial charge in [0.15, 0.2) is 0 Å². The number of hydrogen-bond donors (Lipinski definition) is 1. The first-order valence-electron chi connectivity index (χ1n) is 6.96. The second kappa shape index (κ2) is 5.74. The number of anilines is 1. The molecule has 2 aromatic rings. The Morgan fingerprint density at radius 2 is 1.42 bits per heavy atom. The minimum Gasteiger partial charge on any atom is -0.353 e. The van der Waals surface area contributed by atoms with Crippen LogP contribution in [0.5, 0.6) is 0 Å². The van der Waals surface area contributed by atoms with Gasteiger partial charge in [-0.3, -0.25) is 0 Å². The average molecular weight is 338 g/mol. The van der Waals surface area contributed by atoms with Gasteiger partial charge in [0, 0.05) is 5.70 Å². The highest BCUT2D eigenvalue weighted by Crippen LogP contribution is 2.41. The van der Waals surface area contributed by atoms with E-state index in [-0.39, 0.29) is 11.4 Å². The third-order valence-corrected chi connectivity index (χ3v) is 3.46. The number of aliphatic imine (C=N–C) groups is 1. The second-order valence-electron chi connectivity index (χ2n) is 5.14. The molecular weight excluding hydrogens is 327 g/mol. The molecule has 0 spiro atoms. The van der Waals surface area contributed by atoms with E-state index in [1.807, 2.05) is 0 Å². The third kappa shape index (κ3) is 2.89. The smallest absolute Gasteiger partial charge is 0.353 e. The highest BCUT2D eigenvalue weighted by Gasteiger charge is 2.60. The van der Waals surface area contributed by atoms with E-state index in [1.165, 1.54) is 12.1 Å². The molecule has 0 bridgehead atoms.